The van der Waals surface area contributed by atoms with Crippen LogP contribution in [-0.2, 0) is 15.6 Å². The molecule has 2 aromatic carbocycles. The van der Waals surface area contributed by atoms with Gasteiger partial charge in [0.15, 0.2) is 9.84 Å². The number of sulfone groups is 1. The number of ether oxygens (including phenoxy) is 1. The molecule has 0 amide bonds. The quantitative estimate of drug-likeness (QED) is 0.326. The van der Waals surface area contributed by atoms with Crippen LogP contribution in [0.5, 0.6) is 5.88 Å². The second-order valence-corrected chi connectivity index (χ2v) is 11.7. The number of fused-ring (bicyclic) bond motifs is 2. The van der Waals surface area contributed by atoms with E-state index in [2.05, 4.69) is 25.6 Å². The van der Waals surface area contributed by atoms with Gasteiger partial charge in [-0.15, -0.1) is 0 Å². The van der Waals surface area contributed by atoms with Gasteiger partial charge in [-0.3, -0.25) is 0 Å². The lowest BCUT2D eigenvalue weighted by atomic mass is 9.99. The van der Waals surface area contributed by atoms with Crippen LogP contribution < -0.4 is 21.1 Å². The van der Waals surface area contributed by atoms with Gasteiger partial charge in [0.2, 0.25) is 11.8 Å². The minimum atomic E-state index is -3.16. The van der Waals surface area contributed by atoms with E-state index >= 15 is 0 Å². The van der Waals surface area contributed by atoms with E-state index in [9.17, 15) is 8.42 Å². The number of anilines is 4. The number of rotatable bonds is 6. The number of benzene rings is 2. The Kier molecular flexibility index (Phi) is 6.13. The largest absolute Gasteiger partial charge is 0.474 e. The van der Waals surface area contributed by atoms with Crippen molar-refractivity contribution in [1.82, 2.24) is 15.0 Å². The van der Waals surface area contributed by atoms with Crippen molar-refractivity contribution in [2.24, 2.45) is 0 Å². The molecule has 4 aromatic rings. The molecule has 0 saturated heterocycles. The predicted molar refractivity (Wildman–Crippen MR) is 143 cm³/mol. The van der Waals surface area contributed by atoms with Crippen molar-refractivity contribution in [3.63, 3.8) is 0 Å². The van der Waals surface area contributed by atoms with Gasteiger partial charge in [-0.2, -0.15) is 0 Å². The molecule has 9 nitrogen and oxygen atoms in total. The second-order valence-electron chi connectivity index (χ2n) is 9.12. The molecular weight excluding hydrogens is 476 g/mol. The van der Waals surface area contributed by atoms with Crippen LogP contribution in [0.2, 0.25) is 0 Å². The van der Waals surface area contributed by atoms with Crippen molar-refractivity contribution in [2.45, 2.75) is 31.8 Å². The summed E-state index contributed by atoms with van der Waals surface area (Å²) in [5.41, 5.74) is 12.9. The van der Waals surface area contributed by atoms with Gasteiger partial charge in [0.25, 0.3) is 0 Å². The summed E-state index contributed by atoms with van der Waals surface area (Å²) < 4.78 is 30.0. The Morgan fingerprint density at radius 2 is 1.92 bits per heavy atom. The third-order valence-electron chi connectivity index (χ3n) is 6.29. The third kappa shape index (κ3) is 4.64. The number of aromatic nitrogens is 3. The minimum absolute atomic E-state index is 0.0120. The van der Waals surface area contributed by atoms with E-state index in [4.69, 9.17) is 10.5 Å². The Hall–Kier alpha value is -3.92. The molecule has 0 atom stereocenters. The maximum Gasteiger partial charge on any atom is 0.237 e. The molecule has 3 heterocycles. The summed E-state index contributed by atoms with van der Waals surface area (Å²) in [6.45, 7) is 6.73. The van der Waals surface area contributed by atoms with Crippen molar-refractivity contribution in [3.05, 3.63) is 59.9 Å². The van der Waals surface area contributed by atoms with Crippen molar-refractivity contribution < 1.29 is 13.2 Å². The lowest BCUT2D eigenvalue weighted by Crippen LogP contribution is -2.20. The first-order chi connectivity index (χ1) is 17.2. The van der Waals surface area contributed by atoms with Crippen molar-refractivity contribution in [2.75, 3.05) is 29.5 Å². The first-order valence-corrected chi connectivity index (χ1v) is 13.4. The fourth-order valence-electron chi connectivity index (χ4n) is 4.10. The van der Waals surface area contributed by atoms with E-state index in [0.29, 0.717) is 29.6 Å². The van der Waals surface area contributed by atoms with Crippen LogP contribution >= 0.6 is 0 Å². The van der Waals surface area contributed by atoms with Crippen LogP contribution in [0.1, 0.15) is 25.0 Å². The summed E-state index contributed by atoms with van der Waals surface area (Å²) >= 11 is 0. The molecule has 0 spiro atoms. The third-order valence-corrected chi connectivity index (χ3v) is 8.46. The van der Waals surface area contributed by atoms with Gasteiger partial charge >= 0.3 is 0 Å². The summed E-state index contributed by atoms with van der Waals surface area (Å²) in [6.07, 6.45) is 3.49. The van der Waals surface area contributed by atoms with Crippen LogP contribution in [-0.4, -0.2) is 41.8 Å². The van der Waals surface area contributed by atoms with Crippen LogP contribution in [0.3, 0.4) is 0 Å². The average molecular weight is 505 g/mol. The van der Waals surface area contributed by atoms with Gasteiger partial charge < -0.3 is 21.1 Å². The molecule has 1 aliphatic heterocycles. The molecule has 0 saturated carbocycles. The topological polar surface area (TPSA) is 132 Å². The highest BCUT2D eigenvalue weighted by molar-refractivity contribution is 7.91. The molecule has 186 valence electrons. The van der Waals surface area contributed by atoms with E-state index in [-0.39, 0.29) is 5.75 Å². The zero-order valence-electron chi connectivity index (χ0n) is 20.4. The predicted octanol–water partition coefficient (Wildman–Crippen LogP) is 4.45. The first kappa shape index (κ1) is 23.8. The molecule has 2 aromatic heterocycles. The van der Waals surface area contributed by atoms with Crippen LogP contribution in [0.4, 0.5) is 23.0 Å². The molecular formula is C26H28N6O3S. The van der Waals surface area contributed by atoms with Gasteiger partial charge in [0.05, 0.1) is 16.5 Å². The Labute approximate surface area is 210 Å². The molecule has 0 radical (unpaired) electrons. The molecule has 10 heteroatoms. The highest BCUT2D eigenvalue weighted by Crippen LogP contribution is 2.37. The molecule has 36 heavy (non-hydrogen) atoms. The fraction of sp³-hybridized carbons (Fsp3) is 0.269. The summed E-state index contributed by atoms with van der Waals surface area (Å²) in [6, 6.07) is 11.1. The molecule has 0 fully saturated rings. The fourth-order valence-corrected chi connectivity index (χ4v) is 5.09. The van der Waals surface area contributed by atoms with Gasteiger partial charge in [0, 0.05) is 41.3 Å². The summed E-state index contributed by atoms with van der Waals surface area (Å²) in [7, 11) is -3.16. The molecule has 1 aliphatic rings. The van der Waals surface area contributed by atoms with Crippen LogP contribution in [0.15, 0.2) is 48.8 Å². The average Bonchev–Trinajstić information content (AvgIpc) is 2.85. The number of nitrogen functional groups attached to an aromatic ring is 1. The zero-order chi connectivity index (χ0) is 25.4. The summed E-state index contributed by atoms with van der Waals surface area (Å²) in [5.74, 6) is 1.04. The van der Waals surface area contributed by atoms with Crippen molar-refractivity contribution in [3.8, 4) is 17.0 Å². The smallest absolute Gasteiger partial charge is 0.237 e. The van der Waals surface area contributed by atoms with Gasteiger partial charge in [0.1, 0.15) is 12.3 Å². The Morgan fingerprint density at radius 1 is 1.14 bits per heavy atom. The Bertz CT molecular complexity index is 1550. The number of nitrogens with one attached hydrogen (secondary N) is 2. The lowest BCUT2D eigenvalue weighted by Gasteiger charge is -2.21. The highest BCUT2D eigenvalue weighted by Gasteiger charge is 2.19. The summed E-state index contributed by atoms with van der Waals surface area (Å²) in [4.78, 5) is 13.6. The number of hydrogen-bond donors (Lipinski definition) is 3. The van der Waals surface area contributed by atoms with Gasteiger partial charge in [-0.25, -0.2) is 23.4 Å². The second kappa shape index (κ2) is 9.27. The van der Waals surface area contributed by atoms with E-state index in [1.165, 1.54) is 0 Å². The first-order valence-electron chi connectivity index (χ1n) is 11.7. The van der Waals surface area contributed by atoms with E-state index in [1.807, 2.05) is 31.2 Å². The standard InChI is InChI=1S/C26H28N6O3S/c1-15(2)36(33,34)14-17-4-6-19(7-5-17)31-26-30-13-21-22(27)10-18(11-23(21)32-26)20-12-29-25-24(16(20)3)28-8-9-35-25/h4-7,10-13,15,28H,8-9,14,27H2,1-3H3,(H,30,31,32). The molecule has 4 N–H and O–H groups in total. The highest BCUT2D eigenvalue weighted by atomic mass is 32.2. The number of pyridine rings is 1. The minimum Gasteiger partial charge on any atom is -0.474 e. The van der Waals surface area contributed by atoms with E-state index < -0.39 is 15.1 Å². The zero-order valence-corrected chi connectivity index (χ0v) is 21.2. The van der Waals surface area contributed by atoms with Crippen LogP contribution in [0.25, 0.3) is 22.0 Å². The lowest BCUT2D eigenvalue weighted by molar-refractivity contribution is 0.310. The molecule has 0 aliphatic carbocycles. The Morgan fingerprint density at radius 3 is 2.67 bits per heavy atom. The maximum atomic E-state index is 12.2. The SMILES string of the molecule is Cc1c(-c2cc(N)c3cnc(Nc4ccc(CS(=O)(=O)C(C)C)cc4)nc3c2)cnc2c1NCCO2. The van der Waals surface area contributed by atoms with Crippen molar-refractivity contribution in [1.29, 1.82) is 0 Å². The summed E-state index contributed by atoms with van der Waals surface area (Å²) in [5, 5.41) is 6.89. The van der Waals surface area contributed by atoms with Gasteiger partial charge in [-0.05, 0) is 61.7 Å². The molecule has 5 rings (SSSR count). The van der Waals surface area contributed by atoms with E-state index in [0.717, 1.165) is 45.6 Å². The molecule has 0 unspecified atom stereocenters. The normalized spacial score (nSPS) is 13.2. The number of nitrogens with zero attached hydrogens (tertiary/aromatic N) is 3. The van der Waals surface area contributed by atoms with Gasteiger partial charge in [-0.1, -0.05) is 12.1 Å². The van der Waals surface area contributed by atoms with Crippen molar-refractivity contribution >= 4 is 43.8 Å². The molecule has 0 bridgehead atoms. The maximum absolute atomic E-state index is 12.2. The monoisotopic (exact) mass is 504 g/mol. The van der Waals surface area contributed by atoms with E-state index in [1.54, 1.807) is 38.4 Å². The van der Waals surface area contributed by atoms with Crippen LogP contribution in [0, 0.1) is 6.92 Å². The Balaban J connectivity index is 1.43. The number of nitrogens with two attached hydrogens (primary N) is 1. The number of hydrogen-bond acceptors (Lipinski definition) is 9.